The summed E-state index contributed by atoms with van der Waals surface area (Å²) in [4.78, 5) is 35.2. The first-order chi connectivity index (χ1) is 39.2. The van der Waals surface area contributed by atoms with Gasteiger partial charge in [-0.05, 0) is 30.0 Å². The standard InChI is InChI=1S/C75H23NO3/c1-3-5-7-13(4-2)12-79-15-9-6-8-14(10-15)11-76-73-68-60-51-41-31-23-17-16-18-19-21-20(17)29-35(31)46(51)53-47-36(29)30(21)39-38-28(19)33-25(18)27-26-22(16)24(23)32-37-34(26)43-40(27)45-44(33)54-49(38)58-50(39)56(47)65(62(53)68)72(75(76)78)67(58)71-64(54)59(45)63-55(43)57-48(37)52(42(32)41)61(60)69(73)66(57)70(63)74(71)77/h6,8-10,13H,3-5,7,11-12H2,1-2H3. The van der Waals surface area contributed by atoms with Crippen LogP contribution in [0.15, 0.2) is 33.9 Å². The van der Waals surface area contributed by atoms with Crippen LogP contribution in [0.3, 0.4) is 0 Å². The maximum Gasteiger partial charge on any atom is 0.259 e. The number of unbranched alkanes of at least 4 members (excludes halogenated alkanes) is 1. The summed E-state index contributed by atoms with van der Waals surface area (Å²) < 4.78 is 9.04. The fraction of sp³-hybridized carbons (Fsp3) is 0.120. The summed E-state index contributed by atoms with van der Waals surface area (Å²) >= 11 is 0. The lowest BCUT2D eigenvalue weighted by atomic mass is 9.86. The Hall–Kier alpha value is -9.38. The van der Waals surface area contributed by atoms with Crippen molar-refractivity contribution in [2.75, 3.05) is 6.61 Å². The Morgan fingerprint density at radius 2 is 0.633 bits per heavy atom. The van der Waals surface area contributed by atoms with Gasteiger partial charge in [0.05, 0.1) is 24.1 Å². The van der Waals surface area contributed by atoms with E-state index in [9.17, 15) is 0 Å². The maximum atomic E-state index is 17.7. The van der Waals surface area contributed by atoms with Gasteiger partial charge in [-0.25, -0.2) is 0 Å². The Labute approximate surface area is 434 Å². The molecule has 0 N–H and O–H groups in total. The van der Waals surface area contributed by atoms with Crippen LogP contribution in [0.1, 0.15) is 45.1 Å². The third-order valence-electron chi connectivity index (χ3n) is 25.7. The summed E-state index contributed by atoms with van der Waals surface area (Å²) in [7, 11) is 0. The normalized spacial score (nSPS) is 16.6. The smallest absolute Gasteiger partial charge is 0.259 e. The van der Waals surface area contributed by atoms with E-state index < -0.39 is 0 Å². The van der Waals surface area contributed by atoms with Crippen LogP contribution in [0, 0.1) is 5.92 Å². The van der Waals surface area contributed by atoms with E-state index in [1.54, 1.807) is 10.8 Å². The van der Waals surface area contributed by atoms with Gasteiger partial charge in [-0.1, -0.05) is 45.2 Å². The first-order valence-electron chi connectivity index (χ1n) is 29.5. The summed E-state index contributed by atoms with van der Waals surface area (Å²) in [6.45, 7) is 5.66. The van der Waals surface area contributed by atoms with Gasteiger partial charge in [0.15, 0.2) is 5.43 Å². The Morgan fingerprint density at radius 1 is 0.354 bits per heavy atom. The fourth-order valence-electron chi connectivity index (χ4n) is 24.2. The van der Waals surface area contributed by atoms with Crippen molar-refractivity contribution in [2.45, 2.75) is 46.1 Å². The van der Waals surface area contributed by atoms with E-state index >= 15 is 9.59 Å². The molecule has 0 saturated heterocycles. The van der Waals surface area contributed by atoms with Gasteiger partial charge in [0.2, 0.25) is 0 Å². The number of fused-ring (bicyclic) bond motifs is 5. The van der Waals surface area contributed by atoms with Gasteiger partial charge < -0.3 is 9.30 Å². The lowest BCUT2D eigenvalue weighted by Gasteiger charge is -2.17. The zero-order chi connectivity index (χ0) is 48.7. The van der Waals surface area contributed by atoms with Gasteiger partial charge >= 0.3 is 0 Å². The SMILES string of the molecule is CCCCC(CC)COc1cccc(Cn2c(=O)c3c4c5c(=O)c6c7c8c5c5c9c4c4c%10c3c3c%11c%10c%10c%12c4c9c4c9c5c8c5c8c7c7c6c6c%13c%14c7c7c8c8c5c9c5c4c%12c4c%10c9c%10c%12c4c5c8c%12c7c%14c%10c(c9%11)c%13c3c62)c1. The van der Waals surface area contributed by atoms with Gasteiger partial charge in [-0.15, -0.1) is 0 Å². The predicted octanol–water partition coefficient (Wildman–Crippen LogP) is 19.9. The molecule has 79 heavy (non-hydrogen) atoms. The Kier molecular flexibility index (Phi) is 3.50. The summed E-state index contributed by atoms with van der Waals surface area (Å²) in [5, 5.41) is 78.2. The average molecular weight is 986 g/mol. The van der Waals surface area contributed by atoms with Crippen molar-refractivity contribution in [2.24, 2.45) is 5.92 Å². The van der Waals surface area contributed by atoms with Crippen molar-refractivity contribution < 1.29 is 4.74 Å². The molecule has 4 heteroatoms. The topological polar surface area (TPSA) is 48.3 Å². The Bertz CT molecular complexity index is 8140. The monoisotopic (exact) mass is 985 g/mol. The molecule has 0 fully saturated rings. The Morgan fingerprint density at radius 3 is 0.949 bits per heavy atom. The predicted molar refractivity (Wildman–Crippen MR) is 336 cm³/mol. The highest BCUT2D eigenvalue weighted by molar-refractivity contribution is 6.83. The van der Waals surface area contributed by atoms with E-state index in [2.05, 4.69) is 42.7 Å². The highest BCUT2D eigenvalue weighted by Crippen LogP contribution is 2.78. The molecule has 4 nitrogen and oxygen atoms in total. The van der Waals surface area contributed by atoms with Crippen molar-refractivity contribution in [3.05, 3.63) is 50.4 Å². The van der Waals surface area contributed by atoms with Crippen molar-refractivity contribution in [1.82, 2.24) is 4.57 Å². The summed E-state index contributed by atoms with van der Waals surface area (Å²) in [6.07, 6.45) is 4.67. The number of aromatic nitrogens is 1. The summed E-state index contributed by atoms with van der Waals surface area (Å²) in [5.74, 6) is 1.38. The minimum Gasteiger partial charge on any atom is -0.493 e. The molecule has 0 aliphatic heterocycles. The number of ether oxygens (including phenoxy) is 1. The molecule has 0 radical (unpaired) electrons. The third kappa shape index (κ3) is 2.16. The first kappa shape index (κ1) is 33.0. The van der Waals surface area contributed by atoms with Gasteiger partial charge in [0, 0.05) is 302 Å². The van der Waals surface area contributed by atoms with E-state index in [1.807, 2.05) is 0 Å². The van der Waals surface area contributed by atoms with Crippen LogP contribution in [0.4, 0.5) is 0 Å². The molecular weight excluding hydrogens is 963 g/mol. The average Bonchev–Trinajstić information content (AvgIpc) is 1.49. The highest BCUT2D eigenvalue weighted by Gasteiger charge is 2.50. The van der Waals surface area contributed by atoms with Gasteiger partial charge in [-0.2, -0.15) is 0 Å². The zero-order valence-corrected chi connectivity index (χ0v) is 41.8. The molecule has 1 aromatic heterocycles. The van der Waals surface area contributed by atoms with E-state index in [0.29, 0.717) is 19.1 Å². The minimum absolute atomic E-state index is 0.0481. The second kappa shape index (κ2) is 8.37. The van der Waals surface area contributed by atoms with Gasteiger partial charge in [0.1, 0.15) is 5.75 Å². The van der Waals surface area contributed by atoms with E-state index in [-0.39, 0.29) is 11.0 Å². The van der Waals surface area contributed by atoms with Crippen molar-refractivity contribution in [3.8, 4) is 5.75 Å². The molecule has 1 atom stereocenters. The second-order valence-electron chi connectivity index (χ2n) is 27.3. The van der Waals surface area contributed by atoms with Crippen LogP contribution in [-0.2, 0) is 6.54 Å². The van der Waals surface area contributed by atoms with Crippen LogP contribution in [-0.4, -0.2) is 11.2 Å². The largest absolute Gasteiger partial charge is 0.493 e. The molecule has 0 saturated carbocycles. The molecule has 31 aromatic rings. The highest BCUT2D eigenvalue weighted by atomic mass is 16.5. The van der Waals surface area contributed by atoms with E-state index in [1.165, 1.54) is 272 Å². The van der Waals surface area contributed by atoms with Crippen LogP contribution in [0.25, 0.3) is 313 Å². The van der Waals surface area contributed by atoms with Crippen LogP contribution in [0.5, 0.6) is 5.75 Å². The second-order valence-corrected chi connectivity index (χ2v) is 27.3. The van der Waals surface area contributed by atoms with E-state index in [0.717, 1.165) is 66.3 Å². The lowest BCUT2D eigenvalue weighted by Crippen LogP contribution is -2.20. The van der Waals surface area contributed by atoms with Gasteiger partial charge in [0.25, 0.3) is 5.56 Å². The van der Waals surface area contributed by atoms with Gasteiger partial charge in [-0.3, -0.25) is 9.59 Å². The molecule has 1 heterocycles. The summed E-state index contributed by atoms with van der Waals surface area (Å²) in [5.41, 5.74) is 2.32. The molecule has 1 unspecified atom stereocenters. The molecule has 0 aliphatic carbocycles. The third-order valence-corrected chi connectivity index (χ3v) is 25.7. The molecule has 0 bridgehead atoms. The number of hydrogen-bond acceptors (Lipinski definition) is 3. The molecule has 0 spiro atoms. The van der Waals surface area contributed by atoms with Crippen molar-refractivity contribution in [1.29, 1.82) is 0 Å². The lowest BCUT2D eigenvalue weighted by molar-refractivity contribution is 0.233. The quantitative estimate of drug-likeness (QED) is 0.135. The number of nitrogens with zero attached hydrogens (tertiary/aromatic N) is 1. The first-order valence-corrected chi connectivity index (χ1v) is 29.5. The van der Waals surface area contributed by atoms with Crippen molar-refractivity contribution >= 4 is 313 Å². The molecule has 0 aliphatic rings. The van der Waals surface area contributed by atoms with Crippen molar-refractivity contribution in [3.63, 3.8) is 0 Å². The molecule has 31 rings (SSSR count). The number of hydrogen-bond donors (Lipinski definition) is 0. The molecule has 30 aromatic carbocycles. The molecule has 0 amide bonds. The molecule has 346 valence electrons. The molecular formula is C75H23NO3. The van der Waals surface area contributed by atoms with Crippen LogP contribution < -0.4 is 15.7 Å². The van der Waals surface area contributed by atoms with Crippen LogP contribution >= 0.6 is 0 Å². The number of benzene rings is 19. The summed E-state index contributed by atoms with van der Waals surface area (Å²) in [6, 6.07) is 8.73. The maximum absolute atomic E-state index is 17.7. The van der Waals surface area contributed by atoms with Crippen LogP contribution in [0.2, 0.25) is 0 Å². The Balaban J connectivity index is 1.02. The number of rotatable bonds is 9. The van der Waals surface area contributed by atoms with E-state index in [4.69, 9.17) is 4.74 Å². The fourth-order valence-corrected chi connectivity index (χ4v) is 24.2. The zero-order valence-electron chi connectivity index (χ0n) is 41.8. The minimum atomic E-state index is 0.0481.